The third kappa shape index (κ3) is 3.96. The standard InChI is InChI=1S/C20H23FN2O4S/c1-12-5-6-13(9-15(12)21)22-20(24)23-7-8-28-19(23)14-10-17(26-3)18(27-4)11-16(14)25-2/h5-6,9-11,19H,7-8H2,1-4H3,(H,22,24). The van der Waals surface area contributed by atoms with Gasteiger partial charge in [-0.2, -0.15) is 0 Å². The Morgan fingerprint density at radius 2 is 1.79 bits per heavy atom. The summed E-state index contributed by atoms with van der Waals surface area (Å²) in [6.07, 6.45) is 0. The van der Waals surface area contributed by atoms with Crippen LogP contribution in [-0.4, -0.2) is 44.6 Å². The number of anilines is 1. The van der Waals surface area contributed by atoms with Crippen LogP contribution in [0.1, 0.15) is 16.5 Å². The Morgan fingerprint density at radius 3 is 2.43 bits per heavy atom. The number of halogens is 1. The van der Waals surface area contributed by atoms with Crippen molar-refractivity contribution in [1.29, 1.82) is 0 Å². The molecule has 1 fully saturated rings. The third-order valence-electron chi connectivity index (χ3n) is 4.58. The number of hydrogen-bond acceptors (Lipinski definition) is 5. The average Bonchev–Trinajstić information content (AvgIpc) is 3.19. The normalized spacial score (nSPS) is 16.0. The summed E-state index contributed by atoms with van der Waals surface area (Å²) < 4.78 is 30.0. The first kappa shape index (κ1) is 20.1. The van der Waals surface area contributed by atoms with E-state index in [0.717, 1.165) is 11.3 Å². The van der Waals surface area contributed by atoms with E-state index in [1.54, 1.807) is 63.1 Å². The topological polar surface area (TPSA) is 60.0 Å². The molecule has 1 unspecified atom stereocenters. The van der Waals surface area contributed by atoms with E-state index in [0.29, 0.717) is 35.0 Å². The highest BCUT2D eigenvalue weighted by Gasteiger charge is 2.33. The van der Waals surface area contributed by atoms with Gasteiger partial charge >= 0.3 is 6.03 Å². The molecule has 2 aromatic carbocycles. The first-order chi connectivity index (χ1) is 13.5. The summed E-state index contributed by atoms with van der Waals surface area (Å²) >= 11 is 1.62. The number of nitrogens with one attached hydrogen (secondary N) is 1. The molecule has 0 spiro atoms. The zero-order chi connectivity index (χ0) is 20.3. The van der Waals surface area contributed by atoms with Crippen LogP contribution >= 0.6 is 11.8 Å². The van der Waals surface area contributed by atoms with Crippen LogP contribution in [0.15, 0.2) is 30.3 Å². The van der Waals surface area contributed by atoms with Crippen LogP contribution in [0.4, 0.5) is 14.9 Å². The van der Waals surface area contributed by atoms with Crippen LogP contribution in [0.3, 0.4) is 0 Å². The maximum atomic E-state index is 13.8. The van der Waals surface area contributed by atoms with E-state index in [2.05, 4.69) is 5.32 Å². The van der Waals surface area contributed by atoms with E-state index in [4.69, 9.17) is 14.2 Å². The number of hydrogen-bond donors (Lipinski definition) is 1. The van der Waals surface area contributed by atoms with Gasteiger partial charge in [-0.05, 0) is 30.7 Å². The van der Waals surface area contributed by atoms with Gasteiger partial charge in [0.05, 0.1) is 21.3 Å². The minimum Gasteiger partial charge on any atom is -0.496 e. The Hall–Kier alpha value is -2.61. The van der Waals surface area contributed by atoms with E-state index in [9.17, 15) is 9.18 Å². The van der Waals surface area contributed by atoms with Crippen molar-refractivity contribution in [3.05, 3.63) is 47.3 Å². The molecule has 0 aliphatic carbocycles. The number of thioether (sulfide) groups is 1. The van der Waals surface area contributed by atoms with Gasteiger partial charge in [0.1, 0.15) is 16.9 Å². The molecule has 2 aromatic rings. The molecule has 0 bridgehead atoms. The van der Waals surface area contributed by atoms with E-state index < -0.39 is 0 Å². The fraction of sp³-hybridized carbons (Fsp3) is 0.350. The van der Waals surface area contributed by atoms with E-state index in [1.165, 1.54) is 6.07 Å². The van der Waals surface area contributed by atoms with Gasteiger partial charge < -0.3 is 24.4 Å². The van der Waals surface area contributed by atoms with Crippen molar-refractivity contribution in [3.8, 4) is 17.2 Å². The smallest absolute Gasteiger partial charge is 0.323 e. The Morgan fingerprint density at radius 1 is 1.11 bits per heavy atom. The van der Waals surface area contributed by atoms with Gasteiger partial charge in [-0.1, -0.05) is 6.07 Å². The second kappa shape index (κ2) is 8.60. The molecule has 0 saturated carbocycles. The maximum absolute atomic E-state index is 13.8. The van der Waals surface area contributed by atoms with Gasteiger partial charge in [-0.25, -0.2) is 9.18 Å². The number of carbonyl (C=O) groups is 1. The second-order valence-electron chi connectivity index (χ2n) is 6.26. The van der Waals surface area contributed by atoms with Gasteiger partial charge in [0, 0.05) is 29.6 Å². The van der Waals surface area contributed by atoms with Crippen molar-refractivity contribution in [1.82, 2.24) is 4.90 Å². The summed E-state index contributed by atoms with van der Waals surface area (Å²) in [6.45, 7) is 2.24. The largest absolute Gasteiger partial charge is 0.496 e. The van der Waals surface area contributed by atoms with Gasteiger partial charge in [0.25, 0.3) is 0 Å². The predicted molar refractivity (Wildman–Crippen MR) is 108 cm³/mol. The van der Waals surface area contributed by atoms with Crippen LogP contribution in [0.2, 0.25) is 0 Å². The van der Waals surface area contributed by atoms with Crippen LogP contribution in [0, 0.1) is 12.7 Å². The first-order valence-electron chi connectivity index (χ1n) is 8.73. The first-order valence-corrected chi connectivity index (χ1v) is 9.78. The molecular formula is C20H23FN2O4S. The summed E-state index contributed by atoms with van der Waals surface area (Å²) in [7, 11) is 4.69. The molecule has 1 heterocycles. The van der Waals surface area contributed by atoms with E-state index >= 15 is 0 Å². The van der Waals surface area contributed by atoms with Crippen molar-refractivity contribution < 1.29 is 23.4 Å². The summed E-state index contributed by atoms with van der Waals surface area (Å²) in [4.78, 5) is 14.6. The molecule has 1 aliphatic rings. The van der Waals surface area contributed by atoms with Crippen LogP contribution < -0.4 is 19.5 Å². The molecule has 2 amide bonds. The molecule has 3 rings (SSSR count). The maximum Gasteiger partial charge on any atom is 0.323 e. The second-order valence-corrected chi connectivity index (χ2v) is 7.45. The van der Waals surface area contributed by atoms with E-state index in [-0.39, 0.29) is 17.2 Å². The van der Waals surface area contributed by atoms with Gasteiger partial charge in [0.15, 0.2) is 11.5 Å². The van der Waals surface area contributed by atoms with E-state index in [1.807, 2.05) is 6.07 Å². The fourth-order valence-corrected chi connectivity index (χ4v) is 4.32. The number of rotatable bonds is 5. The van der Waals surface area contributed by atoms with Gasteiger partial charge in [0.2, 0.25) is 0 Å². The summed E-state index contributed by atoms with van der Waals surface area (Å²) in [5.74, 6) is 2.14. The van der Waals surface area contributed by atoms with Crippen molar-refractivity contribution in [3.63, 3.8) is 0 Å². The monoisotopic (exact) mass is 406 g/mol. The minimum atomic E-state index is -0.355. The quantitative estimate of drug-likeness (QED) is 0.796. The number of nitrogens with zero attached hydrogens (tertiary/aromatic N) is 1. The summed E-state index contributed by atoms with van der Waals surface area (Å²) in [6, 6.07) is 7.92. The molecule has 0 radical (unpaired) electrons. The molecule has 1 N–H and O–H groups in total. The van der Waals surface area contributed by atoms with Crippen molar-refractivity contribution in [2.75, 3.05) is 38.9 Å². The lowest BCUT2D eigenvalue weighted by Gasteiger charge is -2.26. The van der Waals surface area contributed by atoms with Gasteiger partial charge in [-0.15, -0.1) is 11.8 Å². The van der Waals surface area contributed by atoms with Crippen molar-refractivity contribution >= 4 is 23.5 Å². The third-order valence-corrected chi connectivity index (χ3v) is 5.82. The highest BCUT2D eigenvalue weighted by molar-refractivity contribution is 7.99. The number of aryl methyl sites for hydroxylation is 1. The SMILES string of the molecule is COc1cc(OC)c(C2SCCN2C(=O)Nc2ccc(C)c(F)c2)cc1OC. The highest BCUT2D eigenvalue weighted by Crippen LogP contribution is 2.46. The zero-order valence-corrected chi connectivity index (χ0v) is 17.1. The molecule has 8 heteroatoms. The van der Waals surface area contributed by atoms with Crippen LogP contribution in [0.5, 0.6) is 17.2 Å². The highest BCUT2D eigenvalue weighted by atomic mass is 32.2. The Kier molecular flexibility index (Phi) is 6.18. The Bertz CT molecular complexity index is 878. The number of methoxy groups -OCH3 is 3. The molecule has 1 aliphatic heterocycles. The minimum absolute atomic E-state index is 0.259. The van der Waals surface area contributed by atoms with Crippen molar-refractivity contribution in [2.24, 2.45) is 0 Å². The average molecular weight is 406 g/mol. The summed E-state index contributed by atoms with van der Waals surface area (Å²) in [5, 5.41) is 2.52. The number of benzene rings is 2. The number of amides is 2. The number of ether oxygens (including phenoxy) is 3. The Balaban J connectivity index is 1.88. The summed E-state index contributed by atoms with van der Waals surface area (Å²) in [5.41, 5.74) is 1.76. The van der Waals surface area contributed by atoms with Gasteiger partial charge in [-0.3, -0.25) is 0 Å². The van der Waals surface area contributed by atoms with Crippen LogP contribution in [0.25, 0.3) is 0 Å². The Labute approximate surface area is 168 Å². The zero-order valence-electron chi connectivity index (χ0n) is 16.2. The molecular weight excluding hydrogens is 383 g/mol. The lowest BCUT2D eigenvalue weighted by Crippen LogP contribution is -2.34. The molecule has 1 saturated heterocycles. The molecule has 28 heavy (non-hydrogen) atoms. The molecule has 1 atom stereocenters. The molecule has 6 nitrogen and oxygen atoms in total. The molecule has 150 valence electrons. The lowest BCUT2D eigenvalue weighted by molar-refractivity contribution is 0.213. The van der Waals surface area contributed by atoms with Crippen molar-refractivity contribution in [2.45, 2.75) is 12.3 Å². The lowest BCUT2D eigenvalue weighted by atomic mass is 10.1. The molecule has 0 aromatic heterocycles. The number of carbonyl (C=O) groups excluding carboxylic acids is 1. The number of urea groups is 1. The fourth-order valence-electron chi connectivity index (χ4n) is 3.05. The van der Waals surface area contributed by atoms with Crippen LogP contribution in [-0.2, 0) is 0 Å². The predicted octanol–water partition coefficient (Wildman–Crippen LogP) is 4.44.